The smallest absolute Gasteiger partial charge is 0.214 e. The summed E-state index contributed by atoms with van der Waals surface area (Å²) in [6.07, 6.45) is 10.8. The number of halogens is 1. The van der Waals surface area contributed by atoms with E-state index in [1.54, 1.807) is 27.5 Å². The fraction of sp³-hybridized carbons (Fsp3) is 0.471. The summed E-state index contributed by atoms with van der Waals surface area (Å²) in [4.78, 5) is 64.5. The molecule has 0 saturated heterocycles. The zero-order chi connectivity index (χ0) is 75.0. The van der Waals surface area contributed by atoms with Crippen LogP contribution in [-0.2, 0) is 44.0 Å². The van der Waals surface area contributed by atoms with Gasteiger partial charge in [-0.2, -0.15) is 30.0 Å². The van der Waals surface area contributed by atoms with Crippen molar-refractivity contribution in [3.63, 3.8) is 0 Å². The standard InChI is InChI=1S/C87H97IN10O4S4/c1-20-97-93-68-60(66-70(62(72(68)95-97)83(12,13)14)89-64-48-32-22-24-34-50(48)76(99)74(64)91-66)57-43-55-81(104-57)79-53(87(102-55,38-36-46(7)30-26-28-44(3)4)39-37-47(8)31-27-29-45(5)6)41-59(106-79)84(15,16)85(17,18)63-71-67(92-75-65(90-71)49-33-23-25-35-51(49)77(75)100)61(69-73(63)96-98(21-2)94-69)56-42-54-80(103-56)78-52(86(19,88)101-54)40-58(105-78)82(9,10)11/h22-25,32-35,40-47H,20-21,26-31,36-39H2,1-19H3. The number of rotatable bonds is 21. The highest BCUT2D eigenvalue weighted by atomic mass is 127. The summed E-state index contributed by atoms with van der Waals surface area (Å²) in [5.74, 6) is 3.65. The van der Waals surface area contributed by atoms with Crippen LogP contribution in [0.4, 0.5) is 0 Å². The largest absolute Gasteiger partial charge is 0.481 e. The lowest BCUT2D eigenvalue weighted by molar-refractivity contribution is 0.0322. The summed E-state index contributed by atoms with van der Waals surface area (Å²) in [5, 5.41) is 21.6. The van der Waals surface area contributed by atoms with E-state index in [0.717, 1.165) is 125 Å². The molecule has 0 saturated carbocycles. The van der Waals surface area contributed by atoms with Crippen LogP contribution in [0.5, 0.6) is 11.5 Å². The molecule has 0 amide bonds. The van der Waals surface area contributed by atoms with Gasteiger partial charge in [-0.3, -0.25) is 9.59 Å². The van der Waals surface area contributed by atoms with Gasteiger partial charge >= 0.3 is 0 Å². The van der Waals surface area contributed by atoms with Crippen molar-refractivity contribution >= 4 is 124 Å². The number of ether oxygens (including phenoxy) is 2. The van der Waals surface area contributed by atoms with Crippen molar-refractivity contribution in [3.8, 4) is 74.4 Å². The predicted molar refractivity (Wildman–Crippen MR) is 446 cm³/mol. The zero-order valence-corrected chi connectivity index (χ0v) is 70.3. The Kier molecular flexibility index (Phi) is 18.1. The van der Waals surface area contributed by atoms with E-state index in [1.807, 2.05) is 76.0 Å². The number of hydrogen-bond donors (Lipinski definition) is 0. The van der Waals surface area contributed by atoms with Crippen molar-refractivity contribution in [2.24, 2.45) is 23.7 Å². The van der Waals surface area contributed by atoms with Crippen LogP contribution in [0.25, 0.3) is 107 Å². The first-order valence-corrected chi connectivity index (χ1v) is 42.8. The highest BCUT2D eigenvalue weighted by Gasteiger charge is 2.51. The molecule has 106 heavy (non-hydrogen) atoms. The number of carbonyl (C=O) groups is 2. The van der Waals surface area contributed by atoms with Gasteiger partial charge in [0.15, 0.2) is 3.61 Å². The Bertz CT molecular complexity index is 5580. The lowest BCUT2D eigenvalue weighted by atomic mass is 9.62. The Hall–Kier alpha value is -7.17. The molecule has 0 radical (unpaired) electrons. The summed E-state index contributed by atoms with van der Waals surface area (Å²) < 4.78 is 14.6. The second-order valence-corrected chi connectivity index (χ2v) is 41.0. The Morgan fingerprint density at radius 1 is 0.453 bits per heavy atom. The van der Waals surface area contributed by atoms with E-state index in [1.165, 1.54) is 56.3 Å². The number of aryl methyl sites for hydroxylation is 2. The number of carbonyl (C=O) groups excluding carboxylic acids is 2. The molecule has 2 aliphatic heterocycles. The fourth-order valence-corrected chi connectivity index (χ4v) is 23.0. The van der Waals surface area contributed by atoms with Crippen LogP contribution in [0.1, 0.15) is 260 Å². The van der Waals surface area contributed by atoms with Crippen molar-refractivity contribution in [2.75, 3.05) is 0 Å². The van der Waals surface area contributed by atoms with Gasteiger partial charge < -0.3 is 9.47 Å². The second-order valence-electron chi connectivity index (χ2n) is 34.8. The number of benzene rings is 4. The molecule has 8 aromatic heterocycles. The molecular formula is C87H97IN10O4S4. The van der Waals surface area contributed by atoms with Crippen molar-refractivity contribution in [1.82, 2.24) is 49.9 Å². The Labute approximate surface area is 652 Å². The molecule has 2 aliphatic carbocycles. The molecule has 0 bridgehead atoms. The normalized spacial score (nSPS) is 17.5. The number of aromatic nitrogens is 10. The van der Waals surface area contributed by atoms with Crippen LogP contribution in [0.15, 0.2) is 72.8 Å². The van der Waals surface area contributed by atoms with Gasteiger partial charge in [0.1, 0.15) is 73.0 Å². The Morgan fingerprint density at radius 2 is 0.877 bits per heavy atom. The fourth-order valence-electron chi connectivity index (χ4n) is 16.7. The number of hydrogen-bond acceptors (Lipinski definition) is 16. The zero-order valence-electron chi connectivity index (χ0n) is 64.8. The summed E-state index contributed by atoms with van der Waals surface area (Å²) >= 11 is 9.61. The predicted octanol–water partition coefficient (Wildman–Crippen LogP) is 24.4. The van der Waals surface area contributed by atoms with Crippen LogP contribution in [0, 0.1) is 23.7 Å². The van der Waals surface area contributed by atoms with Gasteiger partial charge in [-0.25, -0.2) is 19.9 Å². The quantitative estimate of drug-likeness (QED) is 0.0494. The van der Waals surface area contributed by atoms with E-state index >= 15 is 0 Å². The average molecular weight is 1600 g/mol. The van der Waals surface area contributed by atoms with Crippen LogP contribution >= 0.6 is 67.9 Å². The lowest BCUT2D eigenvalue weighted by Gasteiger charge is -2.42. The molecule has 3 unspecified atom stereocenters. The van der Waals surface area contributed by atoms with Gasteiger partial charge in [0.25, 0.3) is 0 Å². The van der Waals surface area contributed by atoms with Gasteiger partial charge in [0.2, 0.25) is 11.6 Å². The third-order valence-electron chi connectivity index (χ3n) is 23.5. The number of nitrogens with zero attached hydrogens (tertiary/aromatic N) is 10. The highest BCUT2D eigenvalue weighted by Crippen LogP contribution is 2.63. The highest BCUT2D eigenvalue weighted by molar-refractivity contribution is 14.1. The third-order valence-corrected chi connectivity index (χ3v) is 29.9. The van der Waals surface area contributed by atoms with E-state index in [4.69, 9.17) is 49.8 Å². The van der Waals surface area contributed by atoms with Gasteiger partial charge in [-0.05, 0) is 128 Å². The van der Waals surface area contributed by atoms with E-state index in [2.05, 4.69) is 178 Å². The Morgan fingerprint density at radius 3 is 1.35 bits per heavy atom. The molecule has 0 spiro atoms. The lowest BCUT2D eigenvalue weighted by Crippen LogP contribution is -2.40. The molecule has 19 heteroatoms. The minimum atomic E-state index is -0.769. The summed E-state index contributed by atoms with van der Waals surface area (Å²) in [7, 11) is 0. The van der Waals surface area contributed by atoms with Gasteiger partial charge in [-0.1, -0.05) is 198 Å². The van der Waals surface area contributed by atoms with Crippen LogP contribution in [-0.4, -0.2) is 61.5 Å². The molecule has 3 atom stereocenters. The maximum atomic E-state index is 14.9. The molecule has 12 aromatic rings. The van der Waals surface area contributed by atoms with Crippen LogP contribution < -0.4 is 9.47 Å². The minimum absolute atomic E-state index is 0.0605. The molecule has 0 fully saturated rings. The molecular weight excluding hydrogens is 1500 g/mol. The monoisotopic (exact) mass is 1600 g/mol. The molecule has 550 valence electrons. The maximum absolute atomic E-state index is 14.9. The number of alkyl halides is 1. The van der Waals surface area contributed by atoms with E-state index in [0.29, 0.717) is 92.7 Å². The van der Waals surface area contributed by atoms with E-state index in [-0.39, 0.29) is 17.0 Å². The third kappa shape index (κ3) is 11.9. The van der Waals surface area contributed by atoms with Crippen molar-refractivity contribution in [1.29, 1.82) is 0 Å². The number of thiophene rings is 4. The van der Waals surface area contributed by atoms with Crippen molar-refractivity contribution in [2.45, 2.75) is 240 Å². The van der Waals surface area contributed by atoms with Crippen LogP contribution in [0.3, 0.4) is 0 Å². The van der Waals surface area contributed by atoms with Gasteiger partial charge in [0.05, 0.1) is 43.6 Å². The summed E-state index contributed by atoms with van der Waals surface area (Å²) in [6, 6.07) is 24.9. The molecule has 16 rings (SSSR count). The first-order chi connectivity index (χ1) is 50.2. The maximum Gasteiger partial charge on any atom is 0.214 e. The Balaban J connectivity index is 0.919. The molecule has 4 aromatic carbocycles. The van der Waals surface area contributed by atoms with Crippen molar-refractivity contribution < 1.29 is 19.1 Å². The molecule has 10 heterocycles. The summed E-state index contributed by atoms with van der Waals surface area (Å²) in [5.41, 5.74) is 13.6. The average Bonchev–Trinajstić information content (AvgIpc) is 1.45. The number of fused-ring (bicyclic) bond motifs is 16. The van der Waals surface area contributed by atoms with Crippen molar-refractivity contribution in [3.05, 3.63) is 127 Å². The molecule has 0 N–H and O–H groups in total. The first-order valence-electron chi connectivity index (χ1n) is 38.4. The topological polar surface area (TPSA) is 166 Å². The van der Waals surface area contributed by atoms with Crippen LogP contribution in [0.2, 0.25) is 0 Å². The van der Waals surface area contributed by atoms with E-state index in [9.17, 15) is 9.59 Å². The minimum Gasteiger partial charge on any atom is -0.481 e. The van der Waals surface area contributed by atoms with Gasteiger partial charge in [-0.15, -0.1) is 45.3 Å². The SMILES string of the molecule is CCn1nc2c(-c3cc4c(s3)-c3sc(C(C)(C)C(C)(C)c5c6nc7c(nc6c(-c6cc8c(s6)-c6sc(C(C)(C)C)cc6C(C)(I)O8)c6nn(CC)nc56)C(=O)c5ccccc5-7)cc3C(CCC(C)CCCC(C)C)(CCC(C)CCCC(C)C)O4)c3nc4c(nc3c(C(C)(C)C)c2n1)-c1ccccc1C4=O. The molecule has 4 aliphatic rings. The van der Waals surface area contributed by atoms with Gasteiger partial charge in [0, 0.05) is 86.0 Å². The van der Waals surface area contributed by atoms with E-state index < -0.39 is 25.5 Å². The molecule has 14 nitrogen and oxygen atoms in total. The number of ketones is 2. The summed E-state index contributed by atoms with van der Waals surface area (Å²) in [6.45, 7) is 44.6. The second kappa shape index (κ2) is 26.3. The first kappa shape index (κ1) is 73.0.